The van der Waals surface area contributed by atoms with E-state index < -0.39 is 0 Å². The van der Waals surface area contributed by atoms with Crippen molar-refractivity contribution in [3.8, 4) is 0 Å². The van der Waals surface area contributed by atoms with Crippen LogP contribution in [0.3, 0.4) is 0 Å². The SMILES string of the molecule is Cc1cc(C)c(C(=O)NCC(N)C2CC2)o1.Cl. The van der Waals surface area contributed by atoms with E-state index in [1.807, 2.05) is 19.9 Å². The Morgan fingerprint density at radius 2 is 2.24 bits per heavy atom. The second kappa shape index (κ2) is 5.56. The third-order valence-corrected chi connectivity index (χ3v) is 2.97. The summed E-state index contributed by atoms with van der Waals surface area (Å²) in [6, 6.07) is 1.94. The number of aryl methyl sites for hydroxylation is 2. The number of rotatable bonds is 4. The maximum Gasteiger partial charge on any atom is 0.287 e. The van der Waals surface area contributed by atoms with Crippen LogP contribution in [0.25, 0.3) is 0 Å². The zero-order chi connectivity index (χ0) is 11.7. The van der Waals surface area contributed by atoms with Crippen LogP contribution in [-0.4, -0.2) is 18.5 Å². The molecule has 17 heavy (non-hydrogen) atoms. The lowest BCUT2D eigenvalue weighted by atomic mass is 10.2. The molecular formula is C12H19ClN2O2. The summed E-state index contributed by atoms with van der Waals surface area (Å²) in [5.74, 6) is 1.59. The Labute approximate surface area is 107 Å². The van der Waals surface area contributed by atoms with Gasteiger partial charge < -0.3 is 15.5 Å². The normalized spacial score (nSPS) is 16.2. The maximum atomic E-state index is 11.8. The molecule has 1 atom stereocenters. The van der Waals surface area contributed by atoms with Crippen LogP contribution in [0.2, 0.25) is 0 Å². The smallest absolute Gasteiger partial charge is 0.287 e. The topological polar surface area (TPSA) is 68.3 Å². The maximum absolute atomic E-state index is 11.8. The van der Waals surface area contributed by atoms with Crippen molar-refractivity contribution in [2.45, 2.75) is 32.7 Å². The lowest BCUT2D eigenvalue weighted by Crippen LogP contribution is -2.38. The minimum absolute atomic E-state index is 0. The fourth-order valence-corrected chi connectivity index (χ4v) is 1.85. The Bertz CT molecular complexity index is 399. The van der Waals surface area contributed by atoms with Gasteiger partial charge in [0.2, 0.25) is 0 Å². The number of halogens is 1. The predicted octanol–water partition coefficient (Wildman–Crippen LogP) is 1.79. The van der Waals surface area contributed by atoms with Crippen molar-refractivity contribution in [1.29, 1.82) is 0 Å². The van der Waals surface area contributed by atoms with E-state index in [0.29, 0.717) is 18.2 Å². The Morgan fingerprint density at radius 3 is 2.71 bits per heavy atom. The van der Waals surface area contributed by atoms with E-state index in [-0.39, 0.29) is 24.4 Å². The molecule has 1 aliphatic carbocycles. The highest BCUT2D eigenvalue weighted by Crippen LogP contribution is 2.31. The molecular weight excluding hydrogens is 240 g/mol. The van der Waals surface area contributed by atoms with Gasteiger partial charge in [-0.2, -0.15) is 0 Å². The molecule has 0 aromatic carbocycles. The third kappa shape index (κ3) is 3.48. The van der Waals surface area contributed by atoms with Crippen LogP contribution < -0.4 is 11.1 Å². The van der Waals surface area contributed by atoms with Crippen molar-refractivity contribution in [3.05, 3.63) is 23.2 Å². The minimum Gasteiger partial charge on any atom is -0.456 e. The highest BCUT2D eigenvalue weighted by atomic mass is 35.5. The van der Waals surface area contributed by atoms with Crippen molar-refractivity contribution in [2.24, 2.45) is 11.7 Å². The van der Waals surface area contributed by atoms with Crippen molar-refractivity contribution < 1.29 is 9.21 Å². The van der Waals surface area contributed by atoms with Crippen LogP contribution in [0, 0.1) is 19.8 Å². The van der Waals surface area contributed by atoms with Crippen molar-refractivity contribution in [2.75, 3.05) is 6.54 Å². The van der Waals surface area contributed by atoms with Gasteiger partial charge in [-0.15, -0.1) is 12.4 Å². The number of amides is 1. The lowest BCUT2D eigenvalue weighted by molar-refractivity contribution is 0.0920. The molecule has 4 nitrogen and oxygen atoms in total. The van der Waals surface area contributed by atoms with E-state index >= 15 is 0 Å². The number of furan rings is 1. The van der Waals surface area contributed by atoms with Crippen molar-refractivity contribution in [1.82, 2.24) is 5.32 Å². The van der Waals surface area contributed by atoms with E-state index in [0.717, 1.165) is 11.3 Å². The van der Waals surface area contributed by atoms with Gasteiger partial charge in [0.25, 0.3) is 5.91 Å². The molecule has 0 radical (unpaired) electrons. The fraction of sp³-hybridized carbons (Fsp3) is 0.583. The third-order valence-electron chi connectivity index (χ3n) is 2.97. The highest BCUT2D eigenvalue weighted by Gasteiger charge is 2.28. The summed E-state index contributed by atoms with van der Waals surface area (Å²) in [5.41, 5.74) is 6.77. The van der Waals surface area contributed by atoms with Gasteiger partial charge in [-0.1, -0.05) is 0 Å². The Kier molecular flexibility index (Phi) is 4.60. The van der Waals surface area contributed by atoms with E-state index in [9.17, 15) is 4.79 Å². The van der Waals surface area contributed by atoms with Gasteiger partial charge in [0.15, 0.2) is 5.76 Å². The minimum atomic E-state index is -0.165. The number of carbonyl (C=O) groups is 1. The summed E-state index contributed by atoms with van der Waals surface area (Å²) < 4.78 is 5.33. The van der Waals surface area contributed by atoms with Gasteiger partial charge >= 0.3 is 0 Å². The van der Waals surface area contributed by atoms with Gasteiger partial charge in [-0.3, -0.25) is 4.79 Å². The molecule has 1 aromatic rings. The van der Waals surface area contributed by atoms with Crippen LogP contribution in [0.5, 0.6) is 0 Å². The molecule has 2 rings (SSSR count). The first-order valence-electron chi connectivity index (χ1n) is 5.68. The van der Waals surface area contributed by atoms with E-state index in [1.54, 1.807) is 0 Å². The Morgan fingerprint density at radius 1 is 1.59 bits per heavy atom. The molecule has 1 aromatic heterocycles. The lowest BCUT2D eigenvalue weighted by Gasteiger charge is -2.10. The van der Waals surface area contributed by atoms with Gasteiger partial charge in [-0.05, 0) is 38.7 Å². The first kappa shape index (κ1) is 14.1. The van der Waals surface area contributed by atoms with Gasteiger partial charge in [0.05, 0.1) is 0 Å². The average Bonchev–Trinajstić information content (AvgIpc) is 3.01. The first-order valence-corrected chi connectivity index (χ1v) is 5.68. The van der Waals surface area contributed by atoms with Gasteiger partial charge in [0, 0.05) is 18.2 Å². The first-order chi connectivity index (χ1) is 7.58. The van der Waals surface area contributed by atoms with Crippen molar-refractivity contribution >= 4 is 18.3 Å². The molecule has 5 heteroatoms. The van der Waals surface area contributed by atoms with E-state index in [4.69, 9.17) is 10.2 Å². The summed E-state index contributed by atoms with van der Waals surface area (Å²) in [6.07, 6.45) is 2.38. The molecule has 1 unspecified atom stereocenters. The zero-order valence-corrected chi connectivity index (χ0v) is 11.0. The highest BCUT2D eigenvalue weighted by molar-refractivity contribution is 5.92. The summed E-state index contributed by atoms with van der Waals surface area (Å²) in [6.45, 7) is 4.23. The molecule has 0 bridgehead atoms. The molecule has 1 fully saturated rings. The Hall–Kier alpha value is -1.00. The number of nitrogens with one attached hydrogen (secondary N) is 1. The molecule has 1 saturated carbocycles. The largest absolute Gasteiger partial charge is 0.456 e. The molecule has 3 N–H and O–H groups in total. The predicted molar refractivity (Wildman–Crippen MR) is 68.5 cm³/mol. The molecule has 96 valence electrons. The fourth-order valence-electron chi connectivity index (χ4n) is 1.85. The molecule has 0 aliphatic heterocycles. The molecule has 1 aliphatic rings. The van der Waals surface area contributed by atoms with Gasteiger partial charge in [0.1, 0.15) is 5.76 Å². The number of carbonyl (C=O) groups excluding carboxylic acids is 1. The standard InChI is InChI=1S/C12H18N2O2.ClH/c1-7-5-8(2)16-11(7)12(15)14-6-10(13)9-3-4-9;/h5,9-10H,3-4,6,13H2,1-2H3,(H,14,15);1H. The van der Waals surface area contributed by atoms with Gasteiger partial charge in [-0.25, -0.2) is 0 Å². The van der Waals surface area contributed by atoms with E-state index in [2.05, 4.69) is 5.32 Å². The van der Waals surface area contributed by atoms with Crippen LogP contribution in [0.4, 0.5) is 0 Å². The second-order valence-electron chi connectivity index (χ2n) is 4.58. The summed E-state index contributed by atoms with van der Waals surface area (Å²) in [7, 11) is 0. The molecule has 1 amide bonds. The summed E-state index contributed by atoms with van der Waals surface area (Å²) in [4.78, 5) is 11.8. The zero-order valence-electron chi connectivity index (χ0n) is 10.2. The second-order valence-corrected chi connectivity index (χ2v) is 4.58. The monoisotopic (exact) mass is 258 g/mol. The Balaban J connectivity index is 0.00000144. The number of hydrogen-bond donors (Lipinski definition) is 2. The van der Waals surface area contributed by atoms with E-state index in [1.165, 1.54) is 12.8 Å². The summed E-state index contributed by atoms with van der Waals surface area (Å²) >= 11 is 0. The van der Waals surface area contributed by atoms with Crippen molar-refractivity contribution in [3.63, 3.8) is 0 Å². The van der Waals surface area contributed by atoms with Crippen LogP contribution in [-0.2, 0) is 0 Å². The average molecular weight is 259 g/mol. The van der Waals surface area contributed by atoms with Crippen LogP contribution in [0.1, 0.15) is 34.7 Å². The molecule has 0 spiro atoms. The number of nitrogens with two attached hydrogens (primary N) is 1. The molecule has 1 heterocycles. The van der Waals surface area contributed by atoms with Crippen LogP contribution >= 0.6 is 12.4 Å². The molecule has 0 saturated heterocycles. The summed E-state index contributed by atoms with van der Waals surface area (Å²) in [5, 5.41) is 2.82. The van der Waals surface area contributed by atoms with Crippen LogP contribution in [0.15, 0.2) is 10.5 Å². The quantitative estimate of drug-likeness (QED) is 0.865. The number of hydrogen-bond acceptors (Lipinski definition) is 3.